The van der Waals surface area contributed by atoms with Crippen LogP contribution in [0.25, 0.3) is 0 Å². The number of thiocarbonyl (C=S) groups is 4. The molecule has 0 saturated heterocycles. The third-order valence-electron chi connectivity index (χ3n) is 1.88. The molecule has 0 aromatic rings. The molecule has 0 atom stereocenters. The van der Waals surface area contributed by atoms with E-state index in [2.05, 4.69) is 0 Å². The maximum absolute atomic E-state index is 5.48. The molecule has 0 saturated carbocycles. The van der Waals surface area contributed by atoms with Crippen LogP contribution in [-0.4, -0.2) is 56.8 Å². The number of ether oxygens (including phenoxy) is 4. The molecule has 25 heavy (non-hydrogen) atoms. The van der Waals surface area contributed by atoms with E-state index in [9.17, 15) is 0 Å². The van der Waals surface area contributed by atoms with E-state index in [-0.39, 0.29) is 0 Å². The van der Waals surface area contributed by atoms with Gasteiger partial charge in [0.15, 0.2) is 0 Å². The summed E-state index contributed by atoms with van der Waals surface area (Å²) in [5.74, 6) is 0. The van der Waals surface area contributed by atoms with Crippen LogP contribution in [-0.2, 0) is 18.9 Å². The summed E-state index contributed by atoms with van der Waals surface area (Å²) in [5.41, 5.74) is 0. The predicted octanol–water partition coefficient (Wildman–Crippen LogP) is 5.64. The van der Waals surface area contributed by atoms with Crippen molar-refractivity contribution in [2.24, 2.45) is 0 Å². The Balaban J connectivity index is 5.55. The van der Waals surface area contributed by atoms with Crippen molar-refractivity contribution >= 4 is 115 Å². The zero-order valence-electron chi connectivity index (χ0n) is 14.2. The second kappa shape index (κ2) is 15.7. The van der Waals surface area contributed by atoms with Crippen LogP contribution in [0.5, 0.6) is 0 Å². The molecule has 0 heterocycles. The summed E-state index contributed by atoms with van der Waals surface area (Å²) in [6, 6.07) is 0. The quantitative estimate of drug-likeness (QED) is 0.255. The third-order valence-corrected chi connectivity index (χ3v) is 45.6. The molecule has 0 unspecified atom stereocenters. The van der Waals surface area contributed by atoms with Crippen molar-refractivity contribution < 1.29 is 18.9 Å². The fraction of sp³-hybridized carbons (Fsp3) is 0.667. The summed E-state index contributed by atoms with van der Waals surface area (Å²) >= 11 is 17.9. The Morgan fingerprint density at radius 2 is 0.760 bits per heavy atom. The first-order valence-corrected chi connectivity index (χ1v) is 26.1. The average molecular weight is 604 g/mol. The van der Waals surface area contributed by atoms with Gasteiger partial charge in [-0.1, -0.05) is 0 Å². The summed E-state index contributed by atoms with van der Waals surface area (Å²) in [6.45, 7) is 9.53. The van der Waals surface area contributed by atoms with Crippen molar-refractivity contribution in [1.29, 1.82) is 0 Å². The molecule has 0 bridgehead atoms. The van der Waals surface area contributed by atoms with Crippen LogP contribution in [0.2, 0.25) is 0 Å². The predicted molar refractivity (Wildman–Crippen MR) is 133 cm³/mol. The van der Waals surface area contributed by atoms with Gasteiger partial charge < -0.3 is 0 Å². The Kier molecular flexibility index (Phi) is 16.8. The Morgan fingerprint density at radius 3 is 0.920 bits per heavy atom. The van der Waals surface area contributed by atoms with E-state index in [0.717, 1.165) is 0 Å². The summed E-state index contributed by atoms with van der Waals surface area (Å²) in [7, 11) is 5.94. The molecule has 4 nitrogen and oxygen atoms in total. The van der Waals surface area contributed by atoms with Crippen LogP contribution < -0.4 is 0 Å². The Hall–Kier alpha value is 1.76. The van der Waals surface area contributed by atoms with Crippen molar-refractivity contribution in [2.45, 2.75) is 27.7 Å². The third kappa shape index (κ3) is 12.8. The summed E-state index contributed by atoms with van der Waals surface area (Å²) < 4.78 is 23.7. The monoisotopic (exact) mass is 604 g/mol. The van der Waals surface area contributed by atoms with Crippen molar-refractivity contribution in [2.75, 3.05) is 26.4 Å². The first-order valence-electron chi connectivity index (χ1n) is 7.25. The minimum absolute atomic E-state index is 0.448. The SMILES string of the molecule is CCOC(=S)[S][Sn]([S]C(=S)OCC)([S]C(=S)OCC)[S]C(=S)OCC. The van der Waals surface area contributed by atoms with E-state index in [1.807, 2.05) is 27.7 Å². The zero-order chi connectivity index (χ0) is 19.3. The fourth-order valence-corrected chi connectivity index (χ4v) is 60.6. The summed E-state index contributed by atoms with van der Waals surface area (Å²) in [4.78, 5) is 0. The van der Waals surface area contributed by atoms with E-state index < -0.39 is 12.8 Å². The van der Waals surface area contributed by atoms with Gasteiger partial charge in [-0.2, -0.15) is 0 Å². The normalized spacial score (nSPS) is 10.7. The van der Waals surface area contributed by atoms with Gasteiger partial charge in [0.1, 0.15) is 0 Å². The second-order valence-corrected chi connectivity index (χ2v) is 45.1. The Morgan fingerprint density at radius 1 is 0.560 bits per heavy atom. The van der Waals surface area contributed by atoms with Gasteiger partial charge in [0.05, 0.1) is 0 Å². The number of hydrogen-bond acceptors (Lipinski definition) is 12. The van der Waals surface area contributed by atoms with Crippen LogP contribution in [0.4, 0.5) is 0 Å². The molecule has 0 fully saturated rings. The van der Waals surface area contributed by atoms with Crippen LogP contribution >= 0.6 is 84.7 Å². The molecule has 0 radical (unpaired) electrons. The second-order valence-electron chi connectivity index (χ2n) is 3.64. The molecule has 0 amide bonds. The van der Waals surface area contributed by atoms with E-state index in [0.29, 0.717) is 44.0 Å². The molecule has 0 aliphatic rings. The summed E-state index contributed by atoms with van der Waals surface area (Å²) in [6.07, 6.45) is 0. The van der Waals surface area contributed by atoms with Crippen molar-refractivity contribution in [1.82, 2.24) is 0 Å². The van der Waals surface area contributed by atoms with Gasteiger partial charge in [-0.15, -0.1) is 0 Å². The Bertz CT molecular complexity index is 391. The van der Waals surface area contributed by atoms with Crippen LogP contribution in [0.15, 0.2) is 0 Å². The molecule has 13 heteroatoms. The van der Waals surface area contributed by atoms with Crippen LogP contribution in [0.3, 0.4) is 0 Å². The van der Waals surface area contributed by atoms with Gasteiger partial charge >= 0.3 is 188 Å². The molecular formula is C12H20O4S8Sn. The van der Waals surface area contributed by atoms with Crippen LogP contribution in [0.1, 0.15) is 27.7 Å². The first-order chi connectivity index (χ1) is 11.8. The van der Waals surface area contributed by atoms with E-state index in [1.165, 1.54) is 35.8 Å². The number of hydrogen-bond donors (Lipinski definition) is 0. The molecule has 0 spiro atoms. The molecular weight excluding hydrogens is 583 g/mol. The van der Waals surface area contributed by atoms with Crippen molar-refractivity contribution in [3.63, 3.8) is 0 Å². The maximum atomic E-state index is 5.48. The minimum atomic E-state index is -3.51. The van der Waals surface area contributed by atoms with Gasteiger partial charge in [0, 0.05) is 0 Å². The van der Waals surface area contributed by atoms with Gasteiger partial charge in [0.25, 0.3) is 0 Å². The number of rotatable bonds is 8. The average Bonchev–Trinajstić information content (AvgIpc) is 2.47. The van der Waals surface area contributed by atoms with Crippen molar-refractivity contribution in [3.05, 3.63) is 0 Å². The van der Waals surface area contributed by atoms with Gasteiger partial charge in [0.2, 0.25) is 0 Å². The summed E-state index contributed by atoms with van der Waals surface area (Å²) in [5, 5.41) is 0. The standard InChI is InChI=1S/4C3H6OS2.Sn/c4*1-2-4-3(5)6;/h4*2H2,1H3,(H,5,6);/q;;;;+4/p-4. The van der Waals surface area contributed by atoms with Gasteiger partial charge in [-0.25, -0.2) is 0 Å². The van der Waals surface area contributed by atoms with E-state index in [1.54, 1.807) is 0 Å². The van der Waals surface area contributed by atoms with E-state index in [4.69, 9.17) is 67.8 Å². The molecule has 0 rings (SSSR count). The fourth-order valence-electron chi connectivity index (χ4n) is 1.12. The van der Waals surface area contributed by atoms with Crippen LogP contribution in [0, 0.1) is 0 Å². The zero-order valence-corrected chi connectivity index (χ0v) is 23.6. The Labute approximate surface area is 186 Å². The van der Waals surface area contributed by atoms with Crippen molar-refractivity contribution in [3.8, 4) is 0 Å². The molecule has 0 aliphatic heterocycles. The van der Waals surface area contributed by atoms with E-state index >= 15 is 0 Å². The first kappa shape index (κ1) is 26.8. The molecule has 0 aromatic heterocycles. The van der Waals surface area contributed by atoms with Gasteiger partial charge in [-0.05, 0) is 0 Å². The molecule has 144 valence electrons. The molecule has 0 N–H and O–H groups in total. The van der Waals surface area contributed by atoms with Gasteiger partial charge in [-0.3, -0.25) is 0 Å². The molecule has 0 aromatic carbocycles. The topological polar surface area (TPSA) is 36.9 Å². The molecule has 0 aliphatic carbocycles.